The van der Waals surface area contributed by atoms with Crippen LogP contribution in [0, 0.1) is 13.8 Å². The molecule has 0 fully saturated rings. The number of rotatable bonds is 6. The van der Waals surface area contributed by atoms with Gasteiger partial charge in [0.1, 0.15) is 5.75 Å². The zero-order chi connectivity index (χ0) is 15.3. The molecule has 20 heavy (non-hydrogen) atoms. The highest BCUT2D eigenvalue weighted by molar-refractivity contribution is 5.43. The Hall–Kier alpha value is -1.23. The molecule has 0 unspecified atom stereocenters. The fraction of sp³-hybridized carbons (Fsp3) is 0.600. The smallest absolute Gasteiger partial charge is 0.392 e. The molecule has 0 spiro atoms. The third-order valence-corrected chi connectivity index (χ3v) is 2.87. The summed E-state index contributed by atoms with van der Waals surface area (Å²) in [6.07, 6.45) is -5.11. The van der Waals surface area contributed by atoms with Crippen LogP contribution in [0.1, 0.15) is 37.0 Å². The first-order chi connectivity index (χ1) is 9.19. The summed E-state index contributed by atoms with van der Waals surface area (Å²) in [7, 11) is 0. The van der Waals surface area contributed by atoms with Crippen molar-refractivity contribution in [3.05, 3.63) is 28.8 Å². The number of halogens is 3. The van der Waals surface area contributed by atoms with E-state index in [9.17, 15) is 13.2 Å². The molecule has 0 aromatic heterocycles. The second kappa shape index (κ2) is 6.97. The zero-order valence-corrected chi connectivity index (χ0v) is 12.4. The average Bonchev–Trinajstić information content (AvgIpc) is 2.28. The molecule has 0 saturated heterocycles. The summed E-state index contributed by atoms with van der Waals surface area (Å²) < 4.78 is 41.6. The van der Waals surface area contributed by atoms with Gasteiger partial charge >= 0.3 is 6.18 Å². The van der Waals surface area contributed by atoms with Crippen molar-refractivity contribution in [3.63, 3.8) is 0 Å². The second-order valence-electron chi connectivity index (χ2n) is 5.31. The van der Waals surface area contributed by atoms with Gasteiger partial charge < -0.3 is 10.1 Å². The van der Waals surface area contributed by atoms with Crippen LogP contribution >= 0.6 is 0 Å². The standard InChI is InChI=1S/C15H22F3NO/c1-10(2)19-9-13-7-11(3)14(12(4)8-13)20-6-5-15(16,17)18/h7-8,10,19H,5-6,9H2,1-4H3. The minimum atomic E-state index is -4.18. The summed E-state index contributed by atoms with van der Waals surface area (Å²) in [6.45, 7) is 8.24. The van der Waals surface area contributed by atoms with Crippen molar-refractivity contribution in [2.24, 2.45) is 0 Å². The molecule has 0 heterocycles. The highest BCUT2D eigenvalue weighted by Gasteiger charge is 2.27. The molecule has 0 saturated carbocycles. The Kier molecular flexibility index (Phi) is 5.87. The quantitative estimate of drug-likeness (QED) is 0.850. The van der Waals surface area contributed by atoms with Gasteiger partial charge in [-0.15, -0.1) is 0 Å². The number of hydrogen-bond donors (Lipinski definition) is 1. The SMILES string of the molecule is Cc1cc(CNC(C)C)cc(C)c1OCCC(F)(F)F. The van der Waals surface area contributed by atoms with E-state index in [-0.39, 0.29) is 6.61 Å². The van der Waals surface area contributed by atoms with Gasteiger partial charge in [0.2, 0.25) is 0 Å². The van der Waals surface area contributed by atoms with E-state index in [0.717, 1.165) is 23.2 Å². The fourth-order valence-corrected chi connectivity index (χ4v) is 1.96. The van der Waals surface area contributed by atoms with E-state index in [1.165, 1.54) is 0 Å². The van der Waals surface area contributed by atoms with Crippen molar-refractivity contribution < 1.29 is 17.9 Å². The highest BCUT2D eigenvalue weighted by atomic mass is 19.4. The number of alkyl halides is 3. The monoisotopic (exact) mass is 289 g/mol. The number of nitrogens with one attached hydrogen (secondary N) is 1. The maximum absolute atomic E-state index is 12.1. The molecule has 0 radical (unpaired) electrons. The van der Waals surface area contributed by atoms with Gasteiger partial charge in [0.05, 0.1) is 13.0 Å². The van der Waals surface area contributed by atoms with E-state index in [1.54, 1.807) is 0 Å². The topological polar surface area (TPSA) is 21.3 Å². The van der Waals surface area contributed by atoms with Gasteiger partial charge in [-0.25, -0.2) is 0 Å². The first-order valence-electron chi connectivity index (χ1n) is 6.72. The van der Waals surface area contributed by atoms with E-state index < -0.39 is 12.6 Å². The Labute approximate surface area is 118 Å². The van der Waals surface area contributed by atoms with Gasteiger partial charge in [-0.3, -0.25) is 0 Å². The van der Waals surface area contributed by atoms with Gasteiger partial charge in [0, 0.05) is 12.6 Å². The van der Waals surface area contributed by atoms with Gasteiger partial charge in [0.25, 0.3) is 0 Å². The van der Waals surface area contributed by atoms with E-state index in [1.807, 2.05) is 26.0 Å². The van der Waals surface area contributed by atoms with Crippen LogP contribution in [0.25, 0.3) is 0 Å². The van der Waals surface area contributed by atoms with Crippen LogP contribution in [-0.2, 0) is 6.54 Å². The van der Waals surface area contributed by atoms with E-state index >= 15 is 0 Å². The Morgan fingerprint density at radius 3 is 2.15 bits per heavy atom. The fourth-order valence-electron chi connectivity index (χ4n) is 1.96. The summed E-state index contributed by atoms with van der Waals surface area (Å²) in [5.74, 6) is 0.558. The first kappa shape index (κ1) is 16.8. The van der Waals surface area contributed by atoms with Crippen LogP contribution in [0.2, 0.25) is 0 Å². The van der Waals surface area contributed by atoms with Crippen LogP contribution in [0.4, 0.5) is 13.2 Å². The van der Waals surface area contributed by atoms with E-state index in [2.05, 4.69) is 19.2 Å². The molecule has 1 aromatic carbocycles. The van der Waals surface area contributed by atoms with Crippen molar-refractivity contribution in [3.8, 4) is 5.75 Å². The highest BCUT2D eigenvalue weighted by Crippen LogP contribution is 2.26. The summed E-state index contributed by atoms with van der Waals surface area (Å²) in [5, 5.41) is 3.31. The molecule has 0 bridgehead atoms. The lowest BCUT2D eigenvalue weighted by molar-refractivity contribution is -0.139. The molecule has 0 aliphatic rings. The van der Waals surface area contributed by atoms with Crippen LogP contribution in [-0.4, -0.2) is 18.8 Å². The Morgan fingerprint density at radius 2 is 1.70 bits per heavy atom. The third-order valence-electron chi connectivity index (χ3n) is 2.87. The van der Waals surface area contributed by atoms with Crippen LogP contribution < -0.4 is 10.1 Å². The van der Waals surface area contributed by atoms with Crippen LogP contribution in [0.3, 0.4) is 0 Å². The van der Waals surface area contributed by atoms with Gasteiger partial charge in [-0.1, -0.05) is 26.0 Å². The molecule has 2 nitrogen and oxygen atoms in total. The van der Waals surface area contributed by atoms with Crippen molar-refractivity contribution in [2.75, 3.05) is 6.61 Å². The number of benzene rings is 1. The summed E-state index contributed by atoms with van der Waals surface area (Å²) in [5.41, 5.74) is 2.84. The van der Waals surface area contributed by atoms with Crippen molar-refractivity contribution in [1.29, 1.82) is 0 Å². The van der Waals surface area contributed by atoms with Gasteiger partial charge in [-0.05, 0) is 30.5 Å². The largest absolute Gasteiger partial charge is 0.493 e. The Bertz CT molecular complexity index is 418. The third kappa shape index (κ3) is 5.82. The lowest BCUT2D eigenvalue weighted by Gasteiger charge is -2.16. The van der Waals surface area contributed by atoms with Crippen molar-refractivity contribution in [2.45, 2.75) is 52.9 Å². The molecule has 1 aromatic rings. The van der Waals surface area contributed by atoms with Crippen LogP contribution in [0.15, 0.2) is 12.1 Å². The predicted molar refractivity (Wildman–Crippen MR) is 74.1 cm³/mol. The second-order valence-corrected chi connectivity index (χ2v) is 5.31. The predicted octanol–water partition coefficient (Wildman–Crippen LogP) is 4.13. The summed E-state index contributed by atoms with van der Waals surface area (Å²) in [4.78, 5) is 0. The maximum atomic E-state index is 12.1. The Balaban J connectivity index is 2.69. The molecule has 0 aliphatic carbocycles. The van der Waals surface area contributed by atoms with Crippen LogP contribution in [0.5, 0.6) is 5.75 Å². The minimum absolute atomic E-state index is 0.339. The molecular weight excluding hydrogens is 267 g/mol. The molecule has 1 N–H and O–H groups in total. The zero-order valence-electron chi connectivity index (χ0n) is 12.4. The van der Waals surface area contributed by atoms with Crippen molar-refractivity contribution >= 4 is 0 Å². The molecule has 1 rings (SSSR count). The average molecular weight is 289 g/mol. The minimum Gasteiger partial charge on any atom is -0.493 e. The lowest BCUT2D eigenvalue weighted by Crippen LogP contribution is -2.22. The summed E-state index contributed by atoms with van der Waals surface area (Å²) in [6, 6.07) is 4.29. The summed E-state index contributed by atoms with van der Waals surface area (Å²) >= 11 is 0. The maximum Gasteiger partial charge on any atom is 0.392 e. The number of aryl methyl sites for hydroxylation is 2. The Morgan fingerprint density at radius 1 is 1.15 bits per heavy atom. The van der Waals surface area contributed by atoms with E-state index in [4.69, 9.17) is 4.74 Å². The first-order valence-corrected chi connectivity index (χ1v) is 6.72. The van der Waals surface area contributed by atoms with Crippen molar-refractivity contribution in [1.82, 2.24) is 5.32 Å². The molecule has 0 aliphatic heterocycles. The molecule has 114 valence electrons. The van der Waals surface area contributed by atoms with Gasteiger partial charge in [-0.2, -0.15) is 13.2 Å². The molecule has 5 heteroatoms. The lowest BCUT2D eigenvalue weighted by atomic mass is 10.1. The van der Waals surface area contributed by atoms with E-state index in [0.29, 0.717) is 11.8 Å². The molecular formula is C15H22F3NO. The number of ether oxygens (including phenoxy) is 1. The molecule has 0 amide bonds. The van der Waals surface area contributed by atoms with Gasteiger partial charge in [0.15, 0.2) is 0 Å². The normalized spacial score (nSPS) is 12.0. The molecule has 0 atom stereocenters. The number of hydrogen-bond acceptors (Lipinski definition) is 2.